The van der Waals surface area contributed by atoms with E-state index >= 15 is 0 Å². The zero-order valence-corrected chi connectivity index (χ0v) is 15.2. The number of hydrogen-bond donors (Lipinski definition) is 2. The van der Waals surface area contributed by atoms with Gasteiger partial charge in [0.25, 0.3) is 5.91 Å². The Morgan fingerprint density at radius 1 is 1.33 bits per heavy atom. The lowest BCUT2D eigenvalue weighted by molar-refractivity contribution is -0.134. The first-order valence-electron chi connectivity index (χ1n) is 9.24. The third kappa shape index (κ3) is 3.39. The van der Waals surface area contributed by atoms with Crippen LogP contribution in [-0.4, -0.2) is 40.2 Å². The lowest BCUT2D eigenvalue weighted by Crippen LogP contribution is -2.41. The van der Waals surface area contributed by atoms with Crippen LogP contribution in [0.2, 0.25) is 0 Å². The molecule has 1 aromatic carbocycles. The van der Waals surface area contributed by atoms with E-state index in [0.29, 0.717) is 24.3 Å². The van der Waals surface area contributed by atoms with E-state index in [-0.39, 0.29) is 30.4 Å². The minimum Gasteiger partial charge on any atom is -0.482 e. The summed E-state index contributed by atoms with van der Waals surface area (Å²) in [4.78, 5) is 35.7. The van der Waals surface area contributed by atoms with Crippen molar-refractivity contribution in [3.8, 4) is 5.75 Å². The third-order valence-corrected chi connectivity index (χ3v) is 5.25. The maximum absolute atomic E-state index is 12.2. The molecule has 27 heavy (non-hydrogen) atoms. The van der Waals surface area contributed by atoms with Crippen molar-refractivity contribution in [1.29, 1.82) is 0 Å². The molecule has 1 saturated heterocycles. The molecule has 2 aliphatic rings. The predicted octanol–water partition coefficient (Wildman–Crippen LogP) is 1.14. The molecule has 2 N–H and O–H groups in total. The van der Waals surface area contributed by atoms with Crippen molar-refractivity contribution in [1.82, 2.24) is 20.4 Å². The molecule has 1 unspecified atom stereocenters. The number of ether oxygens (including phenoxy) is 1. The number of amides is 3. The molecular weight excluding hydrogens is 348 g/mol. The number of para-hydroxylation sites is 1. The summed E-state index contributed by atoms with van der Waals surface area (Å²) < 4.78 is 7.41. The highest BCUT2D eigenvalue weighted by atomic mass is 16.5. The van der Waals surface area contributed by atoms with Gasteiger partial charge in [0.15, 0.2) is 6.61 Å². The van der Waals surface area contributed by atoms with Gasteiger partial charge < -0.3 is 10.1 Å². The summed E-state index contributed by atoms with van der Waals surface area (Å²) in [6, 6.07) is 5.75. The molecule has 0 radical (unpaired) electrons. The van der Waals surface area contributed by atoms with Crippen LogP contribution in [0.15, 0.2) is 18.2 Å². The van der Waals surface area contributed by atoms with E-state index in [1.165, 1.54) is 0 Å². The van der Waals surface area contributed by atoms with E-state index in [1.54, 1.807) is 17.8 Å². The van der Waals surface area contributed by atoms with E-state index in [0.717, 1.165) is 30.2 Å². The summed E-state index contributed by atoms with van der Waals surface area (Å²) in [6.07, 6.45) is 3.94. The Labute approximate surface area is 156 Å². The first-order chi connectivity index (χ1) is 13.0. The molecule has 1 aliphatic heterocycles. The van der Waals surface area contributed by atoms with Gasteiger partial charge in [-0.15, -0.1) is 0 Å². The number of rotatable bonds is 5. The van der Waals surface area contributed by atoms with Gasteiger partial charge in [0.05, 0.1) is 11.6 Å². The molecule has 2 heterocycles. The maximum atomic E-state index is 12.2. The van der Waals surface area contributed by atoms with Gasteiger partial charge in [-0.05, 0) is 31.7 Å². The number of imide groups is 1. The fourth-order valence-electron chi connectivity index (χ4n) is 3.62. The standard InChI is InChI=1S/C19H22N4O4/c1-23-18-12(17(22-23)13-8-9-15(24)21-19(13)26)6-3-7-14(18)27-10-16(25)20-11-4-2-5-11/h3,6-7,11,13H,2,4-5,8-10H2,1H3,(H,20,25)(H,21,24,26). The second-order valence-electron chi connectivity index (χ2n) is 7.15. The number of piperidine rings is 1. The number of fused-ring (bicyclic) bond motifs is 1. The highest BCUT2D eigenvalue weighted by Crippen LogP contribution is 2.34. The van der Waals surface area contributed by atoms with Crippen LogP contribution in [0.4, 0.5) is 0 Å². The fourth-order valence-corrected chi connectivity index (χ4v) is 3.62. The van der Waals surface area contributed by atoms with Crippen LogP contribution in [0.5, 0.6) is 5.75 Å². The Balaban J connectivity index is 1.56. The van der Waals surface area contributed by atoms with Gasteiger partial charge in [-0.2, -0.15) is 5.10 Å². The number of hydrogen-bond acceptors (Lipinski definition) is 5. The minimum absolute atomic E-state index is 0.0610. The lowest BCUT2D eigenvalue weighted by atomic mass is 9.93. The first kappa shape index (κ1) is 17.5. The molecule has 1 aliphatic carbocycles. The average Bonchev–Trinajstić information content (AvgIpc) is 2.94. The summed E-state index contributed by atoms with van der Waals surface area (Å²) in [5.74, 6) is -0.631. The number of aryl methyl sites for hydroxylation is 1. The van der Waals surface area contributed by atoms with Crippen LogP contribution in [-0.2, 0) is 21.4 Å². The predicted molar refractivity (Wildman–Crippen MR) is 97.1 cm³/mol. The number of aromatic nitrogens is 2. The van der Waals surface area contributed by atoms with E-state index in [9.17, 15) is 14.4 Å². The first-order valence-corrected chi connectivity index (χ1v) is 9.24. The molecule has 4 rings (SSSR count). The molecular formula is C19H22N4O4. The Morgan fingerprint density at radius 3 is 2.85 bits per heavy atom. The third-order valence-electron chi connectivity index (χ3n) is 5.25. The highest BCUT2D eigenvalue weighted by molar-refractivity contribution is 6.03. The Kier molecular flexibility index (Phi) is 4.55. The Morgan fingerprint density at radius 2 is 2.15 bits per heavy atom. The minimum atomic E-state index is -0.469. The summed E-state index contributed by atoms with van der Waals surface area (Å²) in [5.41, 5.74) is 1.36. The van der Waals surface area contributed by atoms with Gasteiger partial charge >= 0.3 is 0 Å². The van der Waals surface area contributed by atoms with Crippen LogP contribution < -0.4 is 15.4 Å². The number of benzene rings is 1. The Bertz CT molecular complexity index is 916. The molecule has 1 atom stereocenters. The van der Waals surface area contributed by atoms with Gasteiger partial charge in [0.1, 0.15) is 11.3 Å². The quantitative estimate of drug-likeness (QED) is 0.769. The molecule has 8 heteroatoms. The van der Waals surface area contributed by atoms with Crippen LogP contribution >= 0.6 is 0 Å². The molecule has 1 aromatic heterocycles. The fraction of sp³-hybridized carbons (Fsp3) is 0.474. The van der Waals surface area contributed by atoms with Gasteiger partial charge in [0, 0.05) is 24.9 Å². The number of carbonyl (C=O) groups excluding carboxylic acids is 3. The van der Waals surface area contributed by atoms with E-state index in [1.807, 2.05) is 12.1 Å². The molecule has 2 aromatic rings. The Hall–Kier alpha value is -2.90. The molecule has 3 amide bonds. The van der Waals surface area contributed by atoms with Crippen molar-refractivity contribution >= 4 is 28.6 Å². The van der Waals surface area contributed by atoms with Crippen LogP contribution in [0.1, 0.15) is 43.7 Å². The second kappa shape index (κ2) is 7.02. The zero-order valence-electron chi connectivity index (χ0n) is 15.2. The number of carbonyl (C=O) groups is 3. The number of nitrogens with one attached hydrogen (secondary N) is 2. The molecule has 0 bridgehead atoms. The van der Waals surface area contributed by atoms with Gasteiger partial charge in [-0.3, -0.25) is 24.4 Å². The van der Waals surface area contributed by atoms with Crippen molar-refractivity contribution in [2.24, 2.45) is 7.05 Å². The van der Waals surface area contributed by atoms with Crippen molar-refractivity contribution in [2.75, 3.05) is 6.61 Å². The molecule has 0 spiro atoms. The monoisotopic (exact) mass is 370 g/mol. The largest absolute Gasteiger partial charge is 0.482 e. The average molecular weight is 370 g/mol. The van der Waals surface area contributed by atoms with Crippen molar-refractivity contribution in [3.63, 3.8) is 0 Å². The molecule has 1 saturated carbocycles. The maximum Gasteiger partial charge on any atom is 0.258 e. The molecule has 142 valence electrons. The van der Waals surface area contributed by atoms with E-state index in [2.05, 4.69) is 15.7 Å². The molecule has 2 fully saturated rings. The van der Waals surface area contributed by atoms with E-state index in [4.69, 9.17) is 4.74 Å². The van der Waals surface area contributed by atoms with E-state index < -0.39 is 5.92 Å². The van der Waals surface area contributed by atoms with Gasteiger partial charge in [0.2, 0.25) is 11.8 Å². The van der Waals surface area contributed by atoms with Crippen molar-refractivity contribution < 1.29 is 19.1 Å². The van der Waals surface area contributed by atoms with Gasteiger partial charge in [-0.1, -0.05) is 12.1 Å². The summed E-state index contributed by atoms with van der Waals surface area (Å²) >= 11 is 0. The lowest BCUT2D eigenvalue weighted by Gasteiger charge is -2.26. The smallest absolute Gasteiger partial charge is 0.258 e. The van der Waals surface area contributed by atoms with Crippen molar-refractivity contribution in [3.05, 3.63) is 23.9 Å². The van der Waals surface area contributed by atoms with Crippen LogP contribution in [0, 0.1) is 0 Å². The van der Waals surface area contributed by atoms with Crippen LogP contribution in [0.3, 0.4) is 0 Å². The summed E-state index contributed by atoms with van der Waals surface area (Å²) in [7, 11) is 1.78. The normalized spacial score (nSPS) is 20.3. The SMILES string of the molecule is Cn1nc(C2CCC(=O)NC2=O)c2cccc(OCC(=O)NC3CCC3)c21. The zero-order chi connectivity index (χ0) is 19.0. The number of nitrogens with zero attached hydrogens (tertiary/aromatic N) is 2. The summed E-state index contributed by atoms with van der Waals surface area (Å²) in [5, 5.41) is 10.6. The van der Waals surface area contributed by atoms with Crippen molar-refractivity contribution in [2.45, 2.75) is 44.1 Å². The molecule has 8 nitrogen and oxygen atoms in total. The van der Waals surface area contributed by atoms with Crippen LogP contribution in [0.25, 0.3) is 10.9 Å². The highest BCUT2D eigenvalue weighted by Gasteiger charge is 2.32. The second-order valence-corrected chi connectivity index (χ2v) is 7.15. The van der Waals surface area contributed by atoms with Gasteiger partial charge in [-0.25, -0.2) is 0 Å². The topological polar surface area (TPSA) is 102 Å². The summed E-state index contributed by atoms with van der Waals surface area (Å²) in [6.45, 7) is -0.0610.